The van der Waals surface area contributed by atoms with Crippen molar-refractivity contribution in [2.24, 2.45) is 0 Å². The van der Waals surface area contributed by atoms with Crippen molar-refractivity contribution in [2.45, 2.75) is 12.0 Å². The molecule has 2 atom stereocenters. The Kier molecular flexibility index (Phi) is 1.22. The van der Waals surface area contributed by atoms with Gasteiger partial charge in [0.25, 0.3) is 5.85 Å². The molecule has 0 saturated carbocycles. The van der Waals surface area contributed by atoms with Gasteiger partial charge in [-0.15, -0.1) is 0 Å². The number of aliphatic hydroxyl groups excluding tert-OH is 1. The molecule has 0 aromatic carbocycles. The standard InChI is InChI=1S/C4H7FO3/c5-4(7)2-8-1-3(4)6/h3,6-7H,1-2H2/t3-,4+/m1/s1. The number of halogens is 1. The van der Waals surface area contributed by atoms with Gasteiger partial charge in [0.1, 0.15) is 12.7 Å². The lowest BCUT2D eigenvalue weighted by Crippen LogP contribution is -2.35. The second-order valence-corrected chi connectivity index (χ2v) is 1.85. The van der Waals surface area contributed by atoms with Gasteiger partial charge in [-0.25, -0.2) is 4.39 Å². The molecule has 0 radical (unpaired) electrons. The molecule has 1 aliphatic heterocycles. The third-order valence-electron chi connectivity index (χ3n) is 1.09. The summed E-state index contributed by atoms with van der Waals surface area (Å²) in [6.07, 6.45) is -1.37. The van der Waals surface area contributed by atoms with Gasteiger partial charge in [-0.3, -0.25) is 0 Å². The highest BCUT2D eigenvalue weighted by atomic mass is 19.2. The largest absolute Gasteiger partial charge is 0.385 e. The van der Waals surface area contributed by atoms with E-state index in [1.165, 1.54) is 0 Å². The molecule has 0 amide bonds. The highest BCUT2D eigenvalue weighted by Gasteiger charge is 2.41. The summed E-state index contributed by atoms with van der Waals surface area (Å²) < 4.78 is 16.6. The SMILES string of the molecule is O[C@@H]1COC[C@@]1(O)F. The summed E-state index contributed by atoms with van der Waals surface area (Å²) >= 11 is 0. The molecular formula is C4H7FO3. The highest BCUT2D eigenvalue weighted by Crippen LogP contribution is 2.19. The monoisotopic (exact) mass is 122 g/mol. The molecule has 0 aromatic rings. The Bertz CT molecular complexity index is 93.3. The first-order valence-electron chi connectivity index (χ1n) is 2.30. The van der Waals surface area contributed by atoms with E-state index in [9.17, 15) is 4.39 Å². The van der Waals surface area contributed by atoms with Crippen LogP contribution in [-0.4, -0.2) is 35.4 Å². The van der Waals surface area contributed by atoms with Crippen molar-refractivity contribution in [3.8, 4) is 0 Å². The maximum atomic E-state index is 12.2. The summed E-state index contributed by atoms with van der Waals surface area (Å²) in [6, 6.07) is 0. The average molecular weight is 122 g/mol. The van der Waals surface area contributed by atoms with E-state index in [-0.39, 0.29) is 6.61 Å². The highest BCUT2D eigenvalue weighted by molar-refractivity contribution is 4.80. The van der Waals surface area contributed by atoms with Crippen molar-refractivity contribution in [3.05, 3.63) is 0 Å². The normalized spacial score (nSPS) is 47.6. The summed E-state index contributed by atoms with van der Waals surface area (Å²) in [7, 11) is 0. The van der Waals surface area contributed by atoms with Crippen LogP contribution in [0.1, 0.15) is 0 Å². The maximum absolute atomic E-state index is 12.2. The van der Waals surface area contributed by atoms with Gasteiger partial charge in [-0.2, -0.15) is 0 Å². The Balaban J connectivity index is 2.54. The van der Waals surface area contributed by atoms with Gasteiger partial charge in [-0.05, 0) is 0 Å². The van der Waals surface area contributed by atoms with Crippen molar-refractivity contribution >= 4 is 0 Å². The van der Waals surface area contributed by atoms with E-state index in [1.54, 1.807) is 0 Å². The molecular weight excluding hydrogens is 115 g/mol. The van der Waals surface area contributed by atoms with Crippen LogP contribution in [0.5, 0.6) is 0 Å². The molecule has 0 aliphatic carbocycles. The Morgan fingerprint density at radius 1 is 1.75 bits per heavy atom. The first kappa shape index (κ1) is 5.94. The van der Waals surface area contributed by atoms with Crippen molar-refractivity contribution in [3.63, 3.8) is 0 Å². The molecule has 1 heterocycles. The molecule has 8 heavy (non-hydrogen) atoms. The molecule has 0 spiro atoms. The van der Waals surface area contributed by atoms with Crippen LogP contribution in [0.2, 0.25) is 0 Å². The van der Waals surface area contributed by atoms with Crippen LogP contribution in [-0.2, 0) is 4.74 Å². The lowest BCUT2D eigenvalue weighted by Gasteiger charge is -2.11. The zero-order valence-electron chi connectivity index (χ0n) is 4.17. The minimum absolute atomic E-state index is 0.118. The topological polar surface area (TPSA) is 49.7 Å². The van der Waals surface area contributed by atoms with Gasteiger partial charge in [0.05, 0.1) is 6.61 Å². The molecule has 0 bridgehead atoms. The minimum atomic E-state index is -2.51. The van der Waals surface area contributed by atoms with Crippen molar-refractivity contribution in [1.29, 1.82) is 0 Å². The Labute approximate surface area is 45.7 Å². The molecule has 0 unspecified atom stereocenters. The predicted octanol–water partition coefficient (Wildman–Crippen LogP) is -0.964. The molecule has 4 heteroatoms. The minimum Gasteiger partial charge on any atom is -0.385 e. The van der Waals surface area contributed by atoms with Gasteiger partial charge >= 0.3 is 0 Å². The van der Waals surface area contributed by atoms with Crippen LogP contribution < -0.4 is 0 Å². The van der Waals surface area contributed by atoms with E-state index in [1.807, 2.05) is 0 Å². The van der Waals surface area contributed by atoms with E-state index in [0.717, 1.165) is 0 Å². The van der Waals surface area contributed by atoms with E-state index < -0.39 is 18.6 Å². The van der Waals surface area contributed by atoms with Crippen molar-refractivity contribution in [2.75, 3.05) is 13.2 Å². The fraction of sp³-hybridized carbons (Fsp3) is 1.00. The number of ether oxygens (including phenoxy) is 1. The Hall–Kier alpha value is -0.190. The van der Waals surface area contributed by atoms with Crippen molar-refractivity contribution < 1.29 is 19.3 Å². The maximum Gasteiger partial charge on any atom is 0.258 e. The summed E-state index contributed by atoms with van der Waals surface area (Å²) in [5.41, 5.74) is 0. The molecule has 3 nitrogen and oxygen atoms in total. The fourth-order valence-electron chi connectivity index (χ4n) is 0.538. The number of aliphatic hydroxyl groups is 2. The van der Waals surface area contributed by atoms with Gasteiger partial charge < -0.3 is 14.9 Å². The zero-order valence-corrected chi connectivity index (χ0v) is 4.17. The molecule has 2 N–H and O–H groups in total. The van der Waals surface area contributed by atoms with Crippen LogP contribution in [0, 0.1) is 0 Å². The second-order valence-electron chi connectivity index (χ2n) is 1.85. The Morgan fingerprint density at radius 2 is 2.38 bits per heavy atom. The zero-order chi connectivity index (χ0) is 6.20. The average Bonchev–Trinajstić information content (AvgIpc) is 1.86. The first-order valence-corrected chi connectivity index (χ1v) is 2.30. The second kappa shape index (κ2) is 1.65. The smallest absolute Gasteiger partial charge is 0.258 e. The Morgan fingerprint density at radius 3 is 2.50 bits per heavy atom. The van der Waals surface area contributed by atoms with Crippen LogP contribution >= 0.6 is 0 Å². The van der Waals surface area contributed by atoms with E-state index in [2.05, 4.69) is 4.74 Å². The number of alkyl halides is 1. The summed E-state index contributed by atoms with van der Waals surface area (Å²) in [5.74, 6) is -2.51. The summed E-state index contributed by atoms with van der Waals surface area (Å²) in [5, 5.41) is 16.9. The summed E-state index contributed by atoms with van der Waals surface area (Å²) in [6.45, 7) is -0.541. The number of hydrogen-bond donors (Lipinski definition) is 2. The molecule has 1 aliphatic rings. The molecule has 48 valence electrons. The molecule has 1 saturated heterocycles. The lowest BCUT2D eigenvalue weighted by atomic mass is 10.2. The van der Waals surface area contributed by atoms with E-state index in [4.69, 9.17) is 10.2 Å². The van der Waals surface area contributed by atoms with Gasteiger partial charge in [-0.1, -0.05) is 0 Å². The lowest BCUT2D eigenvalue weighted by molar-refractivity contribution is -0.143. The quantitative estimate of drug-likeness (QED) is 0.435. The number of hydrogen-bond acceptors (Lipinski definition) is 3. The third kappa shape index (κ3) is 0.819. The van der Waals surface area contributed by atoms with Gasteiger partial charge in [0.15, 0.2) is 0 Å². The fourth-order valence-corrected chi connectivity index (χ4v) is 0.538. The van der Waals surface area contributed by atoms with Gasteiger partial charge in [0.2, 0.25) is 0 Å². The first-order chi connectivity index (χ1) is 3.63. The van der Waals surface area contributed by atoms with Crippen molar-refractivity contribution in [1.82, 2.24) is 0 Å². The van der Waals surface area contributed by atoms with E-state index in [0.29, 0.717) is 0 Å². The molecule has 1 fully saturated rings. The molecule has 0 aromatic heterocycles. The van der Waals surface area contributed by atoms with Crippen LogP contribution in [0.3, 0.4) is 0 Å². The predicted molar refractivity (Wildman–Crippen MR) is 22.9 cm³/mol. The van der Waals surface area contributed by atoms with Crippen LogP contribution in [0.25, 0.3) is 0 Å². The summed E-state index contributed by atoms with van der Waals surface area (Å²) in [4.78, 5) is 0. The number of rotatable bonds is 0. The van der Waals surface area contributed by atoms with Gasteiger partial charge in [0, 0.05) is 0 Å². The third-order valence-corrected chi connectivity index (χ3v) is 1.09. The van der Waals surface area contributed by atoms with Crippen LogP contribution in [0.15, 0.2) is 0 Å². The van der Waals surface area contributed by atoms with Crippen LogP contribution in [0.4, 0.5) is 4.39 Å². The van der Waals surface area contributed by atoms with E-state index >= 15 is 0 Å². The molecule has 1 rings (SSSR count).